The zero-order valence-corrected chi connectivity index (χ0v) is 14.5. The maximum absolute atomic E-state index is 12.5. The summed E-state index contributed by atoms with van der Waals surface area (Å²) in [5.74, 6) is -0.574. The number of alkyl halides is 3. The van der Waals surface area contributed by atoms with Gasteiger partial charge in [-0.25, -0.2) is 5.43 Å². The molecule has 138 valence electrons. The molecule has 0 radical (unpaired) electrons. The molecule has 0 unspecified atom stereocenters. The van der Waals surface area contributed by atoms with Crippen LogP contribution in [0.3, 0.4) is 0 Å². The molecule has 2 aromatic carbocycles. The normalized spacial score (nSPS) is 11.6. The molecule has 0 aliphatic carbocycles. The molecule has 0 fully saturated rings. The van der Waals surface area contributed by atoms with E-state index in [9.17, 15) is 18.0 Å². The highest BCUT2D eigenvalue weighted by molar-refractivity contribution is 5.94. The first kappa shape index (κ1) is 19.5. The maximum atomic E-state index is 12.5. The first-order valence-electron chi connectivity index (χ1n) is 8.20. The van der Waals surface area contributed by atoms with Gasteiger partial charge < -0.3 is 4.90 Å². The fourth-order valence-electron chi connectivity index (χ4n) is 2.40. The van der Waals surface area contributed by atoms with E-state index < -0.39 is 17.6 Å². The number of nitrogens with one attached hydrogen (secondary N) is 1. The van der Waals surface area contributed by atoms with Crippen molar-refractivity contribution >= 4 is 17.8 Å². The monoisotopic (exact) mass is 363 g/mol. The lowest BCUT2D eigenvalue weighted by molar-refractivity contribution is -0.137. The van der Waals surface area contributed by atoms with E-state index in [0.29, 0.717) is 0 Å². The second kappa shape index (κ2) is 8.51. The van der Waals surface area contributed by atoms with Gasteiger partial charge in [0, 0.05) is 24.3 Å². The van der Waals surface area contributed by atoms with E-state index in [4.69, 9.17) is 0 Å². The van der Waals surface area contributed by atoms with Crippen molar-refractivity contribution in [3.05, 3.63) is 65.2 Å². The summed E-state index contributed by atoms with van der Waals surface area (Å²) >= 11 is 0. The number of halogens is 3. The number of anilines is 1. The molecule has 1 N–H and O–H groups in total. The van der Waals surface area contributed by atoms with Gasteiger partial charge in [0.15, 0.2) is 0 Å². The zero-order valence-electron chi connectivity index (χ0n) is 14.5. The highest BCUT2D eigenvalue weighted by Crippen LogP contribution is 2.29. The number of benzene rings is 2. The van der Waals surface area contributed by atoms with Crippen LogP contribution in [-0.4, -0.2) is 25.2 Å². The molecule has 0 bridgehead atoms. The Morgan fingerprint density at radius 3 is 2.12 bits per heavy atom. The van der Waals surface area contributed by atoms with E-state index in [1.165, 1.54) is 6.21 Å². The first-order chi connectivity index (χ1) is 12.3. The minimum absolute atomic E-state index is 0.104. The van der Waals surface area contributed by atoms with Gasteiger partial charge in [-0.1, -0.05) is 12.1 Å². The first-order valence-corrected chi connectivity index (χ1v) is 8.20. The predicted molar refractivity (Wildman–Crippen MR) is 96.5 cm³/mol. The lowest BCUT2D eigenvalue weighted by atomic mass is 10.1. The molecule has 0 saturated heterocycles. The molecule has 0 heterocycles. The van der Waals surface area contributed by atoms with Crippen molar-refractivity contribution in [2.75, 3.05) is 18.0 Å². The molecule has 0 aliphatic rings. The standard InChI is InChI=1S/C19H20F3N3O/c1-3-25(4-2)17-11-5-14(6-12-17)13-23-24-18(26)15-7-9-16(10-8-15)19(20,21)22/h5-13H,3-4H2,1-2H3,(H,24,26)/b23-13+. The van der Waals surface area contributed by atoms with Crippen molar-refractivity contribution in [1.29, 1.82) is 0 Å². The van der Waals surface area contributed by atoms with Crippen molar-refractivity contribution in [3.8, 4) is 0 Å². The molecule has 26 heavy (non-hydrogen) atoms. The minimum Gasteiger partial charge on any atom is -0.372 e. The zero-order chi connectivity index (χ0) is 19.2. The van der Waals surface area contributed by atoms with Crippen molar-refractivity contribution in [2.45, 2.75) is 20.0 Å². The van der Waals surface area contributed by atoms with Crippen LogP contribution >= 0.6 is 0 Å². The number of rotatable bonds is 6. The average Bonchev–Trinajstić information content (AvgIpc) is 2.63. The van der Waals surface area contributed by atoms with E-state index in [1.807, 2.05) is 24.3 Å². The maximum Gasteiger partial charge on any atom is 0.416 e. The van der Waals surface area contributed by atoms with Crippen LogP contribution < -0.4 is 10.3 Å². The smallest absolute Gasteiger partial charge is 0.372 e. The molecule has 0 aromatic heterocycles. The highest BCUT2D eigenvalue weighted by atomic mass is 19.4. The second-order valence-corrected chi connectivity index (χ2v) is 5.54. The summed E-state index contributed by atoms with van der Waals surface area (Å²) in [6.07, 6.45) is -2.95. The summed E-state index contributed by atoms with van der Waals surface area (Å²) in [5.41, 5.74) is 3.51. The van der Waals surface area contributed by atoms with Gasteiger partial charge in [-0.15, -0.1) is 0 Å². The summed E-state index contributed by atoms with van der Waals surface area (Å²) in [6.45, 7) is 5.98. The van der Waals surface area contributed by atoms with E-state index in [2.05, 4.69) is 29.3 Å². The SMILES string of the molecule is CCN(CC)c1ccc(/C=N/NC(=O)c2ccc(C(F)(F)F)cc2)cc1. The Hall–Kier alpha value is -2.83. The largest absolute Gasteiger partial charge is 0.416 e. The molecule has 4 nitrogen and oxygen atoms in total. The van der Waals surface area contributed by atoms with Crippen LogP contribution in [0, 0.1) is 0 Å². The number of hydrogen-bond donors (Lipinski definition) is 1. The number of nitrogens with zero attached hydrogens (tertiary/aromatic N) is 2. The number of hydrazone groups is 1. The topological polar surface area (TPSA) is 44.7 Å². The molecular formula is C19H20F3N3O. The molecule has 0 spiro atoms. The van der Waals surface area contributed by atoms with Gasteiger partial charge in [-0.2, -0.15) is 18.3 Å². The van der Waals surface area contributed by atoms with Gasteiger partial charge in [0.2, 0.25) is 0 Å². The lowest BCUT2D eigenvalue weighted by Gasteiger charge is -2.20. The van der Waals surface area contributed by atoms with Gasteiger partial charge in [0.1, 0.15) is 0 Å². The second-order valence-electron chi connectivity index (χ2n) is 5.54. The molecule has 7 heteroatoms. The van der Waals surface area contributed by atoms with Crippen LogP contribution in [0.25, 0.3) is 0 Å². The molecule has 0 atom stereocenters. The number of carbonyl (C=O) groups excluding carboxylic acids is 1. The third kappa shape index (κ3) is 5.08. The van der Waals surface area contributed by atoms with E-state index in [0.717, 1.165) is 48.6 Å². The molecule has 2 aromatic rings. The summed E-state index contributed by atoms with van der Waals surface area (Å²) in [7, 11) is 0. The Labute approximate surface area is 150 Å². The van der Waals surface area contributed by atoms with E-state index in [1.54, 1.807) is 0 Å². The average molecular weight is 363 g/mol. The number of hydrogen-bond acceptors (Lipinski definition) is 3. The van der Waals surface area contributed by atoms with Gasteiger partial charge in [0.05, 0.1) is 11.8 Å². The van der Waals surface area contributed by atoms with Crippen LogP contribution in [-0.2, 0) is 6.18 Å². The predicted octanol–water partition coefficient (Wildman–Crippen LogP) is 4.32. The highest BCUT2D eigenvalue weighted by Gasteiger charge is 2.30. The molecule has 0 saturated carbocycles. The third-order valence-corrected chi connectivity index (χ3v) is 3.88. The molecular weight excluding hydrogens is 343 g/mol. The van der Waals surface area contributed by atoms with Gasteiger partial charge in [0.25, 0.3) is 5.91 Å². The van der Waals surface area contributed by atoms with Crippen molar-refractivity contribution < 1.29 is 18.0 Å². The molecule has 1 amide bonds. The van der Waals surface area contributed by atoms with Crippen LogP contribution in [0.5, 0.6) is 0 Å². The fraction of sp³-hybridized carbons (Fsp3) is 0.263. The Morgan fingerprint density at radius 1 is 1.04 bits per heavy atom. The summed E-state index contributed by atoms with van der Waals surface area (Å²) < 4.78 is 37.5. The van der Waals surface area contributed by atoms with Gasteiger partial charge in [-0.3, -0.25) is 4.79 Å². The Kier molecular flexibility index (Phi) is 6.38. The van der Waals surface area contributed by atoms with Crippen LogP contribution in [0.1, 0.15) is 35.3 Å². The number of carbonyl (C=O) groups is 1. The van der Waals surface area contributed by atoms with Crippen LogP contribution in [0.15, 0.2) is 53.6 Å². The summed E-state index contributed by atoms with van der Waals surface area (Å²) in [4.78, 5) is 14.1. The minimum atomic E-state index is -4.43. The summed E-state index contributed by atoms with van der Waals surface area (Å²) in [5, 5.41) is 3.84. The molecule has 2 rings (SSSR count). The Bertz CT molecular complexity index is 749. The van der Waals surface area contributed by atoms with E-state index in [-0.39, 0.29) is 5.56 Å². The lowest BCUT2D eigenvalue weighted by Crippen LogP contribution is -2.21. The number of amides is 1. The van der Waals surface area contributed by atoms with E-state index >= 15 is 0 Å². The summed E-state index contributed by atoms with van der Waals surface area (Å²) in [6, 6.07) is 11.6. The van der Waals surface area contributed by atoms with Crippen LogP contribution in [0.2, 0.25) is 0 Å². The molecule has 0 aliphatic heterocycles. The Balaban J connectivity index is 1.96. The fourth-order valence-corrected chi connectivity index (χ4v) is 2.40. The van der Waals surface area contributed by atoms with Crippen LogP contribution in [0.4, 0.5) is 18.9 Å². The van der Waals surface area contributed by atoms with Gasteiger partial charge in [-0.05, 0) is 55.8 Å². The third-order valence-electron chi connectivity index (χ3n) is 3.88. The van der Waals surface area contributed by atoms with Gasteiger partial charge >= 0.3 is 6.18 Å². The van der Waals surface area contributed by atoms with Crippen molar-refractivity contribution in [3.63, 3.8) is 0 Å². The van der Waals surface area contributed by atoms with Crippen molar-refractivity contribution in [1.82, 2.24) is 5.43 Å². The quantitative estimate of drug-likeness (QED) is 0.614. The Morgan fingerprint density at radius 2 is 1.62 bits per heavy atom. The van der Waals surface area contributed by atoms with Crippen molar-refractivity contribution in [2.24, 2.45) is 5.10 Å².